The molecule has 5 nitrogen and oxygen atoms in total. The summed E-state index contributed by atoms with van der Waals surface area (Å²) in [6.07, 6.45) is 0. The molecule has 4 rings (SSSR count). The van der Waals surface area contributed by atoms with Gasteiger partial charge in [-0.05, 0) is 35.9 Å². The normalized spacial score (nSPS) is 20.4. The number of carbonyl (C=O) groups excluding carboxylic acids is 1. The molecule has 1 amide bonds. The molecule has 0 radical (unpaired) electrons. The number of carbonyl (C=O) groups is 1. The largest absolute Gasteiger partial charge is 0.379 e. The van der Waals surface area contributed by atoms with Crippen LogP contribution in [-0.2, 0) is 9.53 Å². The predicted octanol–water partition coefficient (Wildman–Crippen LogP) is 4.37. The number of ether oxygens (including phenoxy) is 1. The van der Waals surface area contributed by atoms with Gasteiger partial charge in [0, 0.05) is 42.8 Å². The molecule has 0 aromatic heterocycles. The van der Waals surface area contributed by atoms with Crippen LogP contribution >= 0.6 is 34.8 Å². The zero-order valence-electron chi connectivity index (χ0n) is 16.6. The van der Waals surface area contributed by atoms with Crippen LogP contribution < -0.4 is 4.90 Å². The zero-order chi connectivity index (χ0) is 21.1. The standard InChI is InChI=1S/C22H24Cl3N3O2/c23-17-3-1-16(2-4-17)21-14-27(22(29)15-26-9-11-30-12-10-26)7-8-28(21)20-6-5-18(24)13-19(20)25/h1-6,13,21H,7-12,14-15H2/t21-/m0/s1. The van der Waals surface area contributed by atoms with Gasteiger partial charge in [0.2, 0.25) is 5.91 Å². The number of hydrogen-bond donors (Lipinski definition) is 0. The molecule has 2 aliphatic heterocycles. The second-order valence-electron chi connectivity index (χ2n) is 7.58. The van der Waals surface area contributed by atoms with Crippen LogP contribution in [0.3, 0.4) is 0 Å². The molecule has 1 atom stereocenters. The van der Waals surface area contributed by atoms with Crippen molar-refractivity contribution < 1.29 is 9.53 Å². The highest BCUT2D eigenvalue weighted by Crippen LogP contribution is 2.36. The first kappa shape index (κ1) is 21.7. The Labute approximate surface area is 192 Å². The molecular weight excluding hydrogens is 445 g/mol. The van der Waals surface area contributed by atoms with Crippen LogP contribution in [-0.4, -0.2) is 68.2 Å². The van der Waals surface area contributed by atoms with Gasteiger partial charge in [-0.15, -0.1) is 0 Å². The Kier molecular flexibility index (Phi) is 7.06. The van der Waals surface area contributed by atoms with Gasteiger partial charge in [0.25, 0.3) is 0 Å². The molecule has 8 heteroatoms. The van der Waals surface area contributed by atoms with E-state index in [1.165, 1.54) is 0 Å². The number of benzene rings is 2. The smallest absolute Gasteiger partial charge is 0.236 e. The Bertz CT molecular complexity index is 888. The lowest BCUT2D eigenvalue weighted by atomic mass is 10.0. The van der Waals surface area contributed by atoms with Crippen LogP contribution in [0.25, 0.3) is 0 Å². The average molecular weight is 469 g/mol. The summed E-state index contributed by atoms with van der Waals surface area (Å²) in [6.45, 7) is 5.31. The van der Waals surface area contributed by atoms with Crippen LogP contribution in [0, 0.1) is 0 Å². The highest BCUT2D eigenvalue weighted by molar-refractivity contribution is 6.36. The van der Waals surface area contributed by atoms with Gasteiger partial charge in [-0.25, -0.2) is 0 Å². The minimum Gasteiger partial charge on any atom is -0.379 e. The van der Waals surface area contributed by atoms with Crippen molar-refractivity contribution in [1.29, 1.82) is 0 Å². The molecule has 2 aliphatic rings. The van der Waals surface area contributed by atoms with Crippen molar-refractivity contribution in [3.63, 3.8) is 0 Å². The summed E-state index contributed by atoms with van der Waals surface area (Å²) in [6, 6.07) is 13.3. The molecule has 0 unspecified atom stereocenters. The predicted molar refractivity (Wildman–Crippen MR) is 122 cm³/mol. The maximum atomic E-state index is 13.0. The Morgan fingerprint density at radius 3 is 2.33 bits per heavy atom. The van der Waals surface area contributed by atoms with Gasteiger partial charge in [-0.3, -0.25) is 9.69 Å². The molecule has 160 valence electrons. The molecule has 2 fully saturated rings. The lowest BCUT2D eigenvalue weighted by Crippen LogP contribution is -2.53. The molecule has 0 N–H and O–H groups in total. The fraction of sp³-hybridized carbons (Fsp3) is 0.409. The maximum absolute atomic E-state index is 13.0. The van der Waals surface area contributed by atoms with Crippen molar-refractivity contribution in [3.8, 4) is 0 Å². The molecule has 2 heterocycles. The van der Waals surface area contributed by atoms with Gasteiger partial charge in [0.15, 0.2) is 0 Å². The van der Waals surface area contributed by atoms with E-state index in [4.69, 9.17) is 39.5 Å². The Morgan fingerprint density at radius 1 is 0.933 bits per heavy atom. The molecule has 2 aromatic rings. The Balaban J connectivity index is 1.56. The van der Waals surface area contributed by atoms with E-state index in [1.807, 2.05) is 41.3 Å². The first-order valence-electron chi connectivity index (χ1n) is 10.1. The van der Waals surface area contributed by atoms with Crippen LogP contribution in [0.5, 0.6) is 0 Å². The first-order chi connectivity index (χ1) is 14.5. The third-order valence-electron chi connectivity index (χ3n) is 5.67. The van der Waals surface area contributed by atoms with Gasteiger partial charge in [0.1, 0.15) is 0 Å². The number of anilines is 1. The molecule has 0 aliphatic carbocycles. The zero-order valence-corrected chi connectivity index (χ0v) is 18.8. The molecule has 0 bridgehead atoms. The Morgan fingerprint density at radius 2 is 1.63 bits per heavy atom. The van der Waals surface area contributed by atoms with Crippen molar-refractivity contribution in [3.05, 3.63) is 63.1 Å². The summed E-state index contributed by atoms with van der Waals surface area (Å²) in [5.74, 6) is 0.151. The van der Waals surface area contributed by atoms with E-state index in [0.29, 0.717) is 54.5 Å². The summed E-state index contributed by atoms with van der Waals surface area (Å²) >= 11 is 18.7. The van der Waals surface area contributed by atoms with Crippen molar-refractivity contribution in [2.45, 2.75) is 6.04 Å². The Hall–Kier alpha value is -1.50. The van der Waals surface area contributed by atoms with E-state index < -0.39 is 0 Å². The van der Waals surface area contributed by atoms with E-state index in [0.717, 1.165) is 24.3 Å². The second kappa shape index (κ2) is 9.75. The number of hydrogen-bond acceptors (Lipinski definition) is 4. The van der Waals surface area contributed by atoms with Gasteiger partial charge in [-0.2, -0.15) is 0 Å². The quantitative estimate of drug-likeness (QED) is 0.668. The minimum absolute atomic E-state index is 0.0247. The lowest BCUT2D eigenvalue weighted by Gasteiger charge is -2.44. The fourth-order valence-electron chi connectivity index (χ4n) is 4.03. The van der Waals surface area contributed by atoms with E-state index in [-0.39, 0.29) is 11.9 Å². The number of morpholine rings is 1. The third kappa shape index (κ3) is 5.04. The van der Waals surface area contributed by atoms with Crippen LogP contribution in [0.1, 0.15) is 11.6 Å². The van der Waals surface area contributed by atoms with Crippen molar-refractivity contribution in [2.24, 2.45) is 0 Å². The number of rotatable bonds is 4. The van der Waals surface area contributed by atoms with Crippen molar-refractivity contribution in [2.75, 3.05) is 57.4 Å². The monoisotopic (exact) mass is 467 g/mol. The molecule has 2 saturated heterocycles. The number of amides is 1. The fourth-order valence-corrected chi connectivity index (χ4v) is 4.68. The molecule has 2 aromatic carbocycles. The van der Waals surface area contributed by atoms with E-state index in [1.54, 1.807) is 6.07 Å². The van der Waals surface area contributed by atoms with Gasteiger partial charge in [0.05, 0.1) is 36.5 Å². The van der Waals surface area contributed by atoms with Crippen LogP contribution in [0.2, 0.25) is 15.1 Å². The SMILES string of the molecule is O=C(CN1CCOCC1)N1CCN(c2ccc(Cl)cc2Cl)[C@H](c2ccc(Cl)cc2)C1. The first-order valence-corrected chi connectivity index (χ1v) is 11.2. The van der Waals surface area contributed by atoms with E-state index >= 15 is 0 Å². The molecular formula is C22H24Cl3N3O2. The van der Waals surface area contributed by atoms with Crippen LogP contribution in [0.15, 0.2) is 42.5 Å². The molecule has 0 spiro atoms. The average Bonchev–Trinajstić information content (AvgIpc) is 2.75. The van der Waals surface area contributed by atoms with E-state index in [9.17, 15) is 4.79 Å². The van der Waals surface area contributed by atoms with Gasteiger partial charge >= 0.3 is 0 Å². The minimum atomic E-state index is -0.0247. The highest BCUT2D eigenvalue weighted by atomic mass is 35.5. The summed E-state index contributed by atoms with van der Waals surface area (Å²) in [7, 11) is 0. The summed E-state index contributed by atoms with van der Waals surface area (Å²) in [4.78, 5) is 19.4. The van der Waals surface area contributed by atoms with Crippen molar-refractivity contribution >= 4 is 46.4 Å². The van der Waals surface area contributed by atoms with Crippen LogP contribution in [0.4, 0.5) is 5.69 Å². The summed E-state index contributed by atoms with van der Waals surface area (Å²) in [5.41, 5.74) is 2.01. The topological polar surface area (TPSA) is 36.0 Å². The maximum Gasteiger partial charge on any atom is 0.236 e. The number of nitrogens with zero attached hydrogens (tertiary/aromatic N) is 3. The second-order valence-corrected chi connectivity index (χ2v) is 8.86. The number of piperazine rings is 1. The molecule has 0 saturated carbocycles. The summed E-state index contributed by atoms with van der Waals surface area (Å²) in [5, 5.41) is 1.89. The lowest BCUT2D eigenvalue weighted by molar-refractivity contribution is -0.134. The van der Waals surface area contributed by atoms with E-state index in [2.05, 4.69) is 9.80 Å². The third-order valence-corrected chi connectivity index (χ3v) is 6.46. The number of halogens is 3. The summed E-state index contributed by atoms with van der Waals surface area (Å²) < 4.78 is 5.39. The molecule has 30 heavy (non-hydrogen) atoms. The van der Waals surface area contributed by atoms with Gasteiger partial charge in [-0.1, -0.05) is 46.9 Å². The van der Waals surface area contributed by atoms with Crippen molar-refractivity contribution in [1.82, 2.24) is 9.80 Å². The van der Waals surface area contributed by atoms with Gasteiger partial charge < -0.3 is 14.5 Å². The highest BCUT2D eigenvalue weighted by Gasteiger charge is 2.32.